The molecule has 0 aliphatic heterocycles. The lowest BCUT2D eigenvalue weighted by Gasteiger charge is -2.08. The van der Waals surface area contributed by atoms with Gasteiger partial charge >= 0.3 is 0 Å². The van der Waals surface area contributed by atoms with Crippen molar-refractivity contribution in [3.8, 4) is 0 Å². The third-order valence-corrected chi connectivity index (χ3v) is 5.19. The number of carbonyl (C=O) groups excluding carboxylic acids is 1. The van der Waals surface area contributed by atoms with Crippen LogP contribution in [0.25, 0.3) is 0 Å². The molecule has 2 aromatic carbocycles. The molecule has 4 heteroatoms. The molecule has 0 bridgehead atoms. The Balaban J connectivity index is 2.31. The Labute approximate surface area is 133 Å². The predicted molar refractivity (Wildman–Crippen MR) is 86.0 cm³/mol. The monoisotopic (exact) mass is 432 g/mol. The van der Waals surface area contributed by atoms with Gasteiger partial charge in [0.05, 0.1) is 4.47 Å². The van der Waals surface area contributed by atoms with Gasteiger partial charge in [0, 0.05) is 15.6 Å². The van der Waals surface area contributed by atoms with Crippen molar-refractivity contribution in [1.29, 1.82) is 0 Å². The van der Waals surface area contributed by atoms with Crippen molar-refractivity contribution in [1.82, 2.24) is 0 Å². The van der Waals surface area contributed by atoms with E-state index in [4.69, 9.17) is 0 Å². The van der Waals surface area contributed by atoms with E-state index in [1.54, 1.807) is 12.1 Å². The average Bonchev–Trinajstić information content (AvgIpc) is 2.38. The average molecular weight is 433 g/mol. The SMILES string of the molecule is Cc1cccc(C(=O)Cc2cccc(F)c2Br)c1I. The van der Waals surface area contributed by atoms with Gasteiger partial charge in [0.25, 0.3) is 0 Å². The maximum Gasteiger partial charge on any atom is 0.168 e. The lowest BCUT2D eigenvalue weighted by atomic mass is 10.0. The van der Waals surface area contributed by atoms with Crippen LogP contribution in [-0.2, 0) is 6.42 Å². The Bertz CT molecular complexity index is 640. The van der Waals surface area contributed by atoms with Crippen molar-refractivity contribution >= 4 is 44.3 Å². The third-order valence-electron chi connectivity index (χ3n) is 2.87. The van der Waals surface area contributed by atoms with Crippen LogP contribution in [0.15, 0.2) is 40.9 Å². The molecule has 0 spiro atoms. The number of carbonyl (C=O) groups is 1. The Morgan fingerprint density at radius 2 is 1.95 bits per heavy atom. The number of hydrogen-bond donors (Lipinski definition) is 0. The van der Waals surface area contributed by atoms with E-state index in [1.165, 1.54) is 6.07 Å². The largest absolute Gasteiger partial charge is 0.294 e. The molecule has 98 valence electrons. The van der Waals surface area contributed by atoms with Crippen LogP contribution in [0.5, 0.6) is 0 Å². The summed E-state index contributed by atoms with van der Waals surface area (Å²) in [7, 11) is 0. The highest BCUT2D eigenvalue weighted by atomic mass is 127. The van der Waals surface area contributed by atoms with Crippen molar-refractivity contribution < 1.29 is 9.18 Å². The molecule has 0 aliphatic rings. The second kappa shape index (κ2) is 6.13. The Hall–Kier alpha value is -0.750. The fourth-order valence-corrected chi connectivity index (χ4v) is 2.88. The van der Waals surface area contributed by atoms with Gasteiger partial charge in [0.1, 0.15) is 5.82 Å². The highest BCUT2D eigenvalue weighted by Crippen LogP contribution is 2.24. The summed E-state index contributed by atoms with van der Waals surface area (Å²) in [5.41, 5.74) is 2.43. The minimum Gasteiger partial charge on any atom is -0.294 e. The molecule has 0 aromatic heterocycles. The molecule has 0 atom stereocenters. The molecule has 2 aromatic rings. The highest BCUT2D eigenvalue weighted by molar-refractivity contribution is 14.1. The van der Waals surface area contributed by atoms with Crippen molar-refractivity contribution in [2.75, 3.05) is 0 Å². The molecule has 0 radical (unpaired) electrons. The summed E-state index contributed by atoms with van der Waals surface area (Å²) < 4.78 is 14.7. The summed E-state index contributed by atoms with van der Waals surface area (Å²) in [6.07, 6.45) is 0.192. The number of aryl methyl sites for hydroxylation is 1. The lowest BCUT2D eigenvalue weighted by molar-refractivity contribution is 0.0992. The van der Waals surface area contributed by atoms with Crippen LogP contribution in [-0.4, -0.2) is 5.78 Å². The van der Waals surface area contributed by atoms with Crippen LogP contribution in [0.3, 0.4) is 0 Å². The molecule has 0 saturated carbocycles. The fraction of sp³-hybridized carbons (Fsp3) is 0.133. The van der Waals surface area contributed by atoms with E-state index in [0.717, 1.165) is 9.13 Å². The van der Waals surface area contributed by atoms with E-state index >= 15 is 0 Å². The molecule has 0 fully saturated rings. The molecule has 0 heterocycles. The van der Waals surface area contributed by atoms with Gasteiger partial charge in [-0.05, 0) is 62.6 Å². The first-order valence-electron chi connectivity index (χ1n) is 5.72. The second-order valence-corrected chi connectivity index (χ2v) is 6.12. The molecule has 2 rings (SSSR count). The number of ketones is 1. The number of benzene rings is 2. The number of hydrogen-bond acceptors (Lipinski definition) is 1. The Morgan fingerprint density at radius 3 is 2.68 bits per heavy atom. The Morgan fingerprint density at radius 1 is 1.26 bits per heavy atom. The molecule has 0 N–H and O–H groups in total. The van der Waals surface area contributed by atoms with Gasteiger partial charge in [0.2, 0.25) is 0 Å². The second-order valence-electron chi connectivity index (χ2n) is 4.25. The van der Waals surface area contributed by atoms with E-state index in [1.807, 2.05) is 25.1 Å². The maximum absolute atomic E-state index is 13.4. The number of rotatable bonds is 3. The van der Waals surface area contributed by atoms with Crippen LogP contribution in [0.2, 0.25) is 0 Å². The first-order chi connectivity index (χ1) is 9.00. The fourth-order valence-electron chi connectivity index (χ4n) is 1.82. The molecule has 0 unspecified atom stereocenters. The van der Waals surface area contributed by atoms with Gasteiger partial charge in [-0.25, -0.2) is 4.39 Å². The zero-order valence-electron chi connectivity index (χ0n) is 10.2. The van der Waals surface area contributed by atoms with Gasteiger partial charge in [-0.2, -0.15) is 0 Å². The maximum atomic E-state index is 13.4. The summed E-state index contributed by atoms with van der Waals surface area (Å²) in [6.45, 7) is 1.97. The molecular weight excluding hydrogens is 422 g/mol. The number of halogens is 3. The molecule has 1 nitrogen and oxygen atoms in total. The standard InChI is InChI=1S/C15H11BrFIO/c1-9-4-2-6-11(15(9)18)13(19)8-10-5-3-7-12(17)14(10)16/h2-7H,8H2,1H3. The summed E-state index contributed by atoms with van der Waals surface area (Å²) >= 11 is 5.36. The summed E-state index contributed by atoms with van der Waals surface area (Å²) in [5.74, 6) is -0.344. The number of Topliss-reactive ketones (excluding diaryl/α,β-unsaturated/α-hetero) is 1. The normalized spacial score (nSPS) is 10.5. The molecular formula is C15H11BrFIO. The Kier molecular flexibility index (Phi) is 4.73. The highest BCUT2D eigenvalue weighted by Gasteiger charge is 2.14. The van der Waals surface area contributed by atoms with E-state index in [2.05, 4.69) is 38.5 Å². The van der Waals surface area contributed by atoms with Gasteiger partial charge in [-0.1, -0.05) is 30.3 Å². The van der Waals surface area contributed by atoms with Crippen molar-refractivity contribution in [3.05, 3.63) is 66.9 Å². The molecule has 0 amide bonds. The summed E-state index contributed by atoms with van der Waals surface area (Å²) in [5, 5.41) is 0. The minimum atomic E-state index is -0.343. The van der Waals surface area contributed by atoms with Crippen molar-refractivity contribution in [3.63, 3.8) is 0 Å². The van der Waals surface area contributed by atoms with Gasteiger partial charge in [-0.3, -0.25) is 4.79 Å². The third kappa shape index (κ3) is 3.23. The zero-order valence-corrected chi connectivity index (χ0v) is 14.0. The van der Waals surface area contributed by atoms with E-state index in [-0.39, 0.29) is 18.0 Å². The first kappa shape index (κ1) is 14.7. The van der Waals surface area contributed by atoms with Crippen LogP contribution >= 0.6 is 38.5 Å². The predicted octanol–water partition coefficient (Wildman–Crippen LogP) is 4.93. The lowest BCUT2D eigenvalue weighted by Crippen LogP contribution is -2.07. The van der Waals surface area contributed by atoms with Crippen LogP contribution < -0.4 is 0 Å². The van der Waals surface area contributed by atoms with Gasteiger partial charge in [0.15, 0.2) is 5.78 Å². The van der Waals surface area contributed by atoms with E-state index < -0.39 is 0 Å². The molecule has 0 aliphatic carbocycles. The van der Waals surface area contributed by atoms with Crippen LogP contribution in [0.4, 0.5) is 4.39 Å². The first-order valence-corrected chi connectivity index (χ1v) is 7.59. The summed E-state index contributed by atoms with van der Waals surface area (Å²) in [4.78, 5) is 12.3. The molecule has 0 saturated heterocycles. The van der Waals surface area contributed by atoms with E-state index in [9.17, 15) is 9.18 Å². The van der Waals surface area contributed by atoms with Crippen LogP contribution in [0, 0.1) is 16.3 Å². The zero-order chi connectivity index (χ0) is 14.0. The molecule has 19 heavy (non-hydrogen) atoms. The van der Waals surface area contributed by atoms with E-state index in [0.29, 0.717) is 15.6 Å². The van der Waals surface area contributed by atoms with Gasteiger partial charge < -0.3 is 0 Å². The smallest absolute Gasteiger partial charge is 0.168 e. The van der Waals surface area contributed by atoms with Gasteiger partial charge in [-0.15, -0.1) is 0 Å². The van der Waals surface area contributed by atoms with Crippen molar-refractivity contribution in [2.24, 2.45) is 0 Å². The van der Waals surface area contributed by atoms with Crippen molar-refractivity contribution in [2.45, 2.75) is 13.3 Å². The van der Waals surface area contributed by atoms with Crippen LogP contribution in [0.1, 0.15) is 21.5 Å². The quantitative estimate of drug-likeness (QED) is 0.496. The minimum absolute atomic E-state index is 0.000556. The topological polar surface area (TPSA) is 17.1 Å². The summed E-state index contributed by atoms with van der Waals surface area (Å²) in [6, 6.07) is 10.4.